The van der Waals surface area contributed by atoms with Crippen LogP contribution in [0.15, 0.2) is 24.3 Å². The van der Waals surface area contributed by atoms with Gasteiger partial charge in [-0.3, -0.25) is 0 Å². The number of carbonyl (C=O) groups excluding carboxylic acids is 1. The number of aliphatic carboxylic acids is 1. The lowest BCUT2D eigenvalue weighted by Gasteiger charge is -2.29. The zero-order valence-electron chi connectivity index (χ0n) is 7.79. The van der Waals surface area contributed by atoms with Crippen molar-refractivity contribution in [2.45, 2.75) is 12.3 Å². The van der Waals surface area contributed by atoms with Gasteiger partial charge in [0.1, 0.15) is 5.82 Å². The predicted molar refractivity (Wildman–Crippen MR) is 47.8 cm³/mol. The molecule has 0 fully saturated rings. The summed E-state index contributed by atoms with van der Waals surface area (Å²) >= 11 is 0. The first-order valence-electron chi connectivity index (χ1n) is 4.18. The minimum absolute atomic E-state index is 0.126. The average Bonchev–Trinajstić information content (AvgIpc) is 2.16. The number of hydrogen-bond acceptors (Lipinski definition) is 3. The maximum absolute atomic E-state index is 12.8. The van der Waals surface area contributed by atoms with Crippen LogP contribution in [-0.4, -0.2) is 12.5 Å². The van der Waals surface area contributed by atoms with Crippen molar-refractivity contribution in [1.29, 1.82) is 0 Å². The van der Waals surface area contributed by atoms with Gasteiger partial charge in [0.05, 0.1) is 5.97 Å². The second-order valence-electron chi connectivity index (χ2n) is 3.33. The van der Waals surface area contributed by atoms with Crippen molar-refractivity contribution < 1.29 is 14.3 Å². The van der Waals surface area contributed by atoms with Crippen LogP contribution in [0.1, 0.15) is 12.5 Å². The van der Waals surface area contributed by atoms with Crippen molar-refractivity contribution in [3.05, 3.63) is 35.6 Å². The van der Waals surface area contributed by atoms with E-state index in [0.717, 1.165) is 6.07 Å². The van der Waals surface area contributed by atoms with Gasteiger partial charge in [0.2, 0.25) is 0 Å². The quantitative estimate of drug-likeness (QED) is 0.727. The molecule has 0 saturated carbocycles. The highest BCUT2D eigenvalue weighted by Gasteiger charge is 2.26. The first-order valence-corrected chi connectivity index (χ1v) is 4.18. The summed E-state index contributed by atoms with van der Waals surface area (Å²) in [6.45, 7) is 1.29. The van der Waals surface area contributed by atoms with Crippen LogP contribution in [0.5, 0.6) is 0 Å². The number of rotatable bonds is 3. The second-order valence-corrected chi connectivity index (χ2v) is 3.33. The Bertz CT molecular complexity index is 354. The molecule has 1 rings (SSSR count). The minimum Gasteiger partial charge on any atom is -0.549 e. The van der Waals surface area contributed by atoms with Gasteiger partial charge in [-0.25, -0.2) is 4.39 Å². The fourth-order valence-electron chi connectivity index (χ4n) is 1.15. The maximum atomic E-state index is 12.8. The number of benzene rings is 1. The molecule has 0 aliphatic carbocycles. The molecule has 2 N–H and O–H groups in total. The third-order valence-corrected chi connectivity index (χ3v) is 2.32. The topological polar surface area (TPSA) is 66.2 Å². The monoisotopic (exact) mass is 196 g/mol. The molecule has 0 saturated heterocycles. The van der Waals surface area contributed by atoms with E-state index in [0.29, 0.717) is 5.56 Å². The first kappa shape index (κ1) is 10.7. The van der Waals surface area contributed by atoms with E-state index >= 15 is 0 Å². The van der Waals surface area contributed by atoms with E-state index in [1.54, 1.807) is 0 Å². The van der Waals surface area contributed by atoms with Gasteiger partial charge < -0.3 is 15.6 Å². The number of halogens is 1. The molecule has 14 heavy (non-hydrogen) atoms. The van der Waals surface area contributed by atoms with Gasteiger partial charge in [-0.2, -0.15) is 0 Å². The van der Waals surface area contributed by atoms with E-state index in [1.165, 1.54) is 25.1 Å². The van der Waals surface area contributed by atoms with E-state index in [-0.39, 0.29) is 6.54 Å². The molecule has 1 atom stereocenters. The van der Waals surface area contributed by atoms with E-state index in [1.807, 2.05) is 0 Å². The molecular formula is C10H11FNO2-. The van der Waals surface area contributed by atoms with Crippen LogP contribution in [0.2, 0.25) is 0 Å². The lowest BCUT2D eigenvalue weighted by atomic mass is 9.83. The summed E-state index contributed by atoms with van der Waals surface area (Å²) in [6.07, 6.45) is 0. The SMILES string of the molecule is CC(CN)(C(=O)[O-])c1cccc(F)c1. The average molecular weight is 196 g/mol. The van der Waals surface area contributed by atoms with E-state index in [9.17, 15) is 14.3 Å². The van der Waals surface area contributed by atoms with E-state index in [2.05, 4.69) is 0 Å². The zero-order valence-corrected chi connectivity index (χ0v) is 7.79. The van der Waals surface area contributed by atoms with Crippen LogP contribution in [0.3, 0.4) is 0 Å². The van der Waals surface area contributed by atoms with E-state index in [4.69, 9.17) is 5.73 Å². The summed E-state index contributed by atoms with van der Waals surface area (Å²) in [4.78, 5) is 10.9. The fourth-order valence-corrected chi connectivity index (χ4v) is 1.15. The highest BCUT2D eigenvalue weighted by Crippen LogP contribution is 2.22. The number of carbonyl (C=O) groups is 1. The Labute approximate surface area is 81.4 Å². The van der Waals surface area contributed by atoms with Gasteiger partial charge in [0.25, 0.3) is 0 Å². The Balaban J connectivity index is 3.19. The van der Waals surface area contributed by atoms with Crippen LogP contribution in [0, 0.1) is 5.82 Å². The minimum atomic E-state index is -1.33. The normalized spacial score (nSPS) is 14.8. The van der Waals surface area contributed by atoms with Crippen molar-refractivity contribution in [2.75, 3.05) is 6.54 Å². The summed E-state index contributed by atoms with van der Waals surface area (Å²) < 4.78 is 12.8. The Morgan fingerprint density at radius 1 is 1.64 bits per heavy atom. The van der Waals surface area contributed by atoms with Crippen molar-refractivity contribution in [3.8, 4) is 0 Å². The molecule has 0 aliphatic heterocycles. The van der Waals surface area contributed by atoms with Gasteiger partial charge in [-0.15, -0.1) is 0 Å². The van der Waals surface area contributed by atoms with Gasteiger partial charge in [0, 0.05) is 12.0 Å². The molecule has 1 aromatic rings. The molecule has 0 heterocycles. The van der Waals surface area contributed by atoms with Crippen molar-refractivity contribution >= 4 is 5.97 Å². The number of nitrogens with two attached hydrogens (primary N) is 1. The third-order valence-electron chi connectivity index (χ3n) is 2.32. The maximum Gasteiger partial charge on any atom is 0.123 e. The summed E-state index contributed by atoms with van der Waals surface area (Å²) in [5.41, 5.74) is 4.33. The van der Waals surface area contributed by atoms with Gasteiger partial charge in [-0.1, -0.05) is 12.1 Å². The lowest BCUT2D eigenvalue weighted by molar-refractivity contribution is -0.312. The first-order chi connectivity index (χ1) is 6.50. The zero-order chi connectivity index (χ0) is 10.8. The molecule has 3 nitrogen and oxygen atoms in total. The molecule has 1 aromatic carbocycles. The van der Waals surface area contributed by atoms with Crippen LogP contribution in [0.4, 0.5) is 4.39 Å². The second kappa shape index (κ2) is 3.75. The fraction of sp³-hybridized carbons (Fsp3) is 0.300. The standard InChI is InChI=1S/C10H12FNO2/c1-10(6-12,9(13)14)7-3-2-4-8(11)5-7/h2-5H,6,12H2,1H3,(H,13,14)/p-1. The summed E-state index contributed by atoms with van der Waals surface area (Å²) in [5, 5.41) is 10.9. The number of hydrogen-bond donors (Lipinski definition) is 1. The highest BCUT2D eigenvalue weighted by molar-refractivity contribution is 5.79. The Kier molecular flexibility index (Phi) is 2.86. The molecular weight excluding hydrogens is 185 g/mol. The highest BCUT2D eigenvalue weighted by atomic mass is 19.1. The molecule has 1 unspecified atom stereocenters. The Morgan fingerprint density at radius 2 is 2.29 bits per heavy atom. The van der Waals surface area contributed by atoms with Crippen LogP contribution >= 0.6 is 0 Å². The van der Waals surface area contributed by atoms with Crippen LogP contribution in [0.25, 0.3) is 0 Å². The predicted octanol–water partition coefficient (Wildman–Crippen LogP) is -0.208. The van der Waals surface area contributed by atoms with Crippen LogP contribution < -0.4 is 10.8 Å². The lowest BCUT2D eigenvalue weighted by Crippen LogP contribution is -2.48. The molecule has 4 heteroatoms. The molecule has 0 aliphatic rings. The summed E-state index contributed by atoms with van der Waals surface area (Å²) in [7, 11) is 0. The smallest absolute Gasteiger partial charge is 0.123 e. The van der Waals surface area contributed by atoms with Gasteiger partial charge in [0.15, 0.2) is 0 Å². The number of carboxylic acid groups (broad SMARTS) is 1. The Hall–Kier alpha value is -1.42. The van der Waals surface area contributed by atoms with Crippen molar-refractivity contribution in [1.82, 2.24) is 0 Å². The molecule has 0 aromatic heterocycles. The van der Waals surface area contributed by atoms with Crippen molar-refractivity contribution in [2.24, 2.45) is 5.73 Å². The molecule has 76 valence electrons. The third kappa shape index (κ3) is 1.75. The number of carboxylic acids is 1. The molecule has 0 radical (unpaired) electrons. The summed E-state index contributed by atoms with van der Waals surface area (Å²) in [5.74, 6) is -1.78. The van der Waals surface area contributed by atoms with Crippen molar-refractivity contribution in [3.63, 3.8) is 0 Å². The van der Waals surface area contributed by atoms with Gasteiger partial charge in [-0.05, 0) is 24.6 Å². The van der Waals surface area contributed by atoms with E-state index < -0.39 is 17.2 Å². The molecule has 0 bridgehead atoms. The molecule has 0 spiro atoms. The summed E-state index contributed by atoms with van der Waals surface area (Å²) in [6, 6.07) is 5.37. The molecule has 0 amide bonds. The Morgan fingerprint density at radius 3 is 2.71 bits per heavy atom. The van der Waals surface area contributed by atoms with Gasteiger partial charge >= 0.3 is 0 Å². The largest absolute Gasteiger partial charge is 0.549 e. The van der Waals surface area contributed by atoms with Crippen LogP contribution in [-0.2, 0) is 10.2 Å².